The predicted octanol–water partition coefficient (Wildman–Crippen LogP) is 4.29. The molecule has 1 aromatic heterocycles. The smallest absolute Gasteiger partial charge is 0.337 e. The first kappa shape index (κ1) is 21.3. The highest BCUT2D eigenvalue weighted by molar-refractivity contribution is 5.86. The average Bonchev–Trinajstić information content (AvgIpc) is 3.28. The Kier molecular flexibility index (Phi) is 6.30. The number of likely N-dealkylation sites (N-methyl/N-ethyl adjacent to an activating group) is 1. The fourth-order valence-corrected chi connectivity index (χ4v) is 4.70. The second-order valence-electron chi connectivity index (χ2n) is 8.59. The molecule has 0 aliphatic heterocycles. The van der Waals surface area contributed by atoms with E-state index in [4.69, 9.17) is 4.74 Å². The number of hydrogen-bond donors (Lipinski definition) is 1. The Morgan fingerprint density at radius 2 is 1.83 bits per heavy atom. The minimum atomic E-state index is -0.951. The molecule has 1 N–H and O–H groups in total. The molecule has 1 amide bonds. The van der Waals surface area contributed by atoms with Crippen molar-refractivity contribution in [1.82, 2.24) is 20.1 Å². The van der Waals surface area contributed by atoms with Crippen molar-refractivity contribution in [2.75, 3.05) is 6.54 Å². The van der Waals surface area contributed by atoms with Gasteiger partial charge in [-0.25, -0.2) is 4.68 Å². The van der Waals surface area contributed by atoms with Crippen molar-refractivity contribution in [3.8, 4) is 11.7 Å². The quantitative estimate of drug-likeness (QED) is 0.755. The van der Waals surface area contributed by atoms with Crippen molar-refractivity contribution in [2.24, 2.45) is 11.8 Å². The molecule has 0 spiro atoms. The van der Waals surface area contributed by atoms with Crippen LogP contribution in [0.3, 0.4) is 0 Å². The molecule has 3 rings (SSSR count). The minimum Gasteiger partial charge on any atom is -0.445 e. The summed E-state index contributed by atoms with van der Waals surface area (Å²) >= 11 is 0. The van der Waals surface area contributed by atoms with E-state index in [2.05, 4.69) is 61.3 Å². The van der Waals surface area contributed by atoms with Crippen molar-refractivity contribution in [2.45, 2.75) is 72.8 Å². The van der Waals surface area contributed by atoms with Crippen molar-refractivity contribution >= 4 is 5.91 Å². The summed E-state index contributed by atoms with van der Waals surface area (Å²) in [4.78, 5) is 17.8. The number of amides is 1. The fourth-order valence-electron chi connectivity index (χ4n) is 4.70. The van der Waals surface area contributed by atoms with Gasteiger partial charge in [0.1, 0.15) is 5.82 Å². The lowest BCUT2D eigenvalue weighted by Gasteiger charge is -2.40. The lowest BCUT2D eigenvalue weighted by Crippen LogP contribution is -2.59. The van der Waals surface area contributed by atoms with E-state index in [0.29, 0.717) is 6.54 Å². The third-order valence-corrected chi connectivity index (χ3v) is 5.97. The van der Waals surface area contributed by atoms with Crippen LogP contribution in [-0.4, -0.2) is 32.8 Å². The van der Waals surface area contributed by atoms with Gasteiger partial charge in [-0.05, 0) is 63.8 Å². The molecule has 0 radical (unpaired) electrons. The summed E-state index contributed by atoms with van der Waals surface area (Å²) in [6.07, 6.45) is 4.24. The van der Waals surface area contributed by atoms with Crippen LogP contribution in [0.5, 0.6) is 6.01 Å². The van der Waals surface area contributed by atoms with Crippen LogP contribution in [0.15, 0.2) is 18.2 Å². The van der Waals surface area contributed by atoms with Crippen molar-refractivity contribution in [3.05, 3.63) is 35.2 Å². The highest BCUT2D eigenvalue weighted by Crippen LogP contribution is 2.41. The van der Waals surface area contributed by atoms with E-state index in [0.717, 1.165) is 37.2 Å². The maximum atomic E-state index is 13.3. The number of benzene rings is 1. The summed E-state index contributed by atoms with van der Waals surface area (Å²) in [5.41, 5.74) is 2.34. The summed E-state index contributed by atoms with van der Waals surface area (Å²) in [5, 5.41) is 7.65. The SMILES string of the molecule is CCNC(=O)C(Oc1nc(C)n(-c2cc(C)cc(C)c2)n1)(C(C)C)C1CCCC1. The summed E-state index contributed by atoms with van der Waals surface area (Å²) in [6, 6.07) is 6.56. The van der Waals surface area contributed by atoms with Crippen LogP contribution < -0.4 is 10.1 Å². The van der Waals surface area contributed by atoms with Gasteiger partial charge in [0.2, 0.25) is 0 Å². The van der Waals surface area contributed by atoms with Gasteiger partial charge in [0.15, 0.2) is 5.60 Å². The number of nitrogens with zero attached hydrogens (tertiary/aromatic N) is 3. The number of rotatable bonds is 7. The van der Waals surface area contributed by atoms with Gasteiger partial charge in [0.25, 0.3) is 5.91 Å². The average molecular weight is 399 g/mol. The number of nitrogens with one attached hydrogen (secondary N) is 1. The van der Waals surface area contributed by atoms with Gasteiger partial charge in [-0.15, -0.1) is 5.10 Å². The van der Waals surface area contributed by atoms with Crippen LogP contribution in [-0.2, 0) is 4.79 Å². The zero-order valence-electron chi connectivity index (χ0n) is 18.6. The topological polar surface area (TPSA) is 69.0 Å². The molecular weight excluding hydrogens is 364 g/mol. The Labute approximate surface area is 174 Å². The largest absolute Gasteiger partial charge is 0.445 e. The Bertz CT molecular complexity index is 848. The molecule has 0 saturated heterocycles. The molecule has 1 aliphatic carbocycles. The van der Waals surface area contributed by atoms with Gasteiger partial charge in [-0.1, -0.05) is 32.8 Å². The third kappa shape index (κ3) is 4.16. The van der Waals surface area contributed by atoms with Gasteiger partial charge in [0.05, 0.1) is 5.69 Å². The van der Waals surface area contributed by atoms with Gasteiger partial charge in [0, 0.05) is 18.4 Å². The fraction of sp³-hybridized carbons (Fsp3) is 0.609. The van der Waals surface area contributed by atoms with Crippen LogP contribution in [0.25, 0.3) is 5.69 Å². The van der Waals surface area contributed by atoms with Gasteiger partial charge >= 0.3 is 6.01 Å². The van der Waals surface area contributed by atoms with Crippen molar-refractivity contribution in [1.29, 1.82) is 0 Å². The van der Waals surface area contributed by atoms with Gasteiger partial charge in [-0.3, -0.25) is 4.79 Å². The normalized spacial score (nSPS) is 16.8. The molecule has 1 aromatic carbocycles. The maximum absolute atomic E-state index is 13.3. The van der Waals surface area contributed by atoms with E-state index in [1.54, 1.807) is 4.68 Å². The van der Waals surface area contributed by atoms with Crippen LogP contribution >= 0.6 is 0 Å². The molecule has 6 nitrogen and oxygen atoms in total. The highest BCUT2D eigenvalue weighted by atomic mass is 16.5. The number of aromatic nitrogens is 3. The Morgan fingerprint density at radius 3 is 2.38 bits per heavy atom. The Hall–Kier alpha value is -2.37. The lowest BCUT2D eigenvalue weighted by atomic mass is 9.76. The maximum Gasteiger partial charge on any atom is 0.337 e. The van der Waals surface area contributed by atoms with E-state index in [1.807, 2.05) is 13.8 Å². The van der Waals surface area contributed by atoms with E-state index >= 15 is 0 Å². The number of carbonyl (C=O) groups excluding carboxylic acids is 1. The number of ether oxygens (including phenoxy) is 1. The lowest BCUT2D eigenvalue weighted by molar-refractivity contribution is -0.148. The van der Waals surface area contributed by atoms with E-state index < -0.39 is 5.60 Å². The van der Waals surface area contributed by atoms with Crippen LogP contribution in [0.4, 0.5) is 0 Å². The molecule has 1 saturated carbocycles. The standard InChI is InChI=1S/C23H34N4O2/c1-7-24-21(28)23(15(2)3,19-10-8-9-11-19)29-22-25-18(6)27(26-22)20-13-16(4)12-17(5)14-20/h12-15,19H,7-11H2,1-6H3,(H,24,28). The van der Waals surface area contributed by atoms with Crippen LogP contribution in [0.2, 0.25) is 0 Å². The van der Waals surface area contributed by atoms with E-state index in [1.165, 1.54) is 11.1 Å². The van der Waals surface area contributed by atoms with Crippen LogP contribution in [0, 0.1) is 32.6 Å². The number of hydrogen-bond acceptors (Lipinski definition) is 4. The zero-order chi connectivity index (χ0) is 21.2. The van der Waals surface area contributed by atoms with Crippen LogP contribution in [0.1, 0.15) is 63.4 Å². The predicted molar refractivity (Wildman–Crippen MR) is 114 cm³/mol. The van der Waals surface area contributed by atoms with Gasteiger partial charge in [-0.2, -0.15) is 4.98 Å². The second kappa shape index (κ2) is 8.56. The van der Waals surface area contributed by atoms with Crippen molar-refractivity contribution in [3.63, 3.8) is 0 Å². The number of aryl methyl sites for hydroxylation is 3. The Balaban J connectivity index is 2.01. The Morgan fingerprint density at radius 1 is 1.21 bits per heavy atom. The summed E-state index contributed by atoms with van der Waals surface area (Å²) in [5.74, 6) is 0.862. The summed E-state index contributed by atoms with van der Waals surface area (Å²) in [7, 11) is 0. The summed E-state index contributed by atoms with van der Waals surface area (Å²) < 4.78 is 8.25. The second-order valence-corrected chi connectivity index (χ2v) is 8.59. The minimum absolute atomic E-state index is 0.00520. The first-order valence-corrected chi connectivity index (χ1v) is 10.8. The number of carbonyl (C=O) groups is 1. The highest BCUT2D eigenvalue weighted by Gasteiger charge is 2.52. The molecule has 1 heterocycles. The molecule has 1 unspecified atom stereocenters. The molecule has 1 aliphatic rings. The van der Waals surface area contributed by atoms with E-state index in [-0.39, 0.29) is 23.8 Å². The third-order valence-electron chi connectivity index (χ3n) is 5.97. The van der Waals surface area contributed by atoms with Crippen molar-refractivity contribution < 1.29 is 9.53 Å². The van der Waals surface area contributed by atoms with E-state index in [9.17, 15) is 4.79 Å². The zero-order valence-corrected chi connectivity index (χ0v) is 18.6. The first-order valence-electron chi connectivity index (χ1n) is 10.8. The molecule has 1 atom stereocenters. The molecule has 2 aromatic rings. The first-order chi connectivity index (χ1) is 13.8. The van der Waals surface area contributed by atoms with Gasteiger partial charge < -0.3 is 10.1 Å². The molecule has 6 heteroatoms. The molecule has 158 valence electrons. The molecule has 1 fully saturated rings. The monoisotopic (exact) mass is 398 g/mol. The molecule has 29 heavy (non-hydrogen) atoms. The molecular formula is C23H34N4O2. The summed E-state index contributed by atoms with van der Waals surface area (Å²) in [6.45, 7) is 12.7. The molecule has 0 bridgehead atoms.